The lowest BCUT2D eigenvalue weighted by molar-refractivity contribution is 0.0503. The highest BCUT2D eigenvalue weighted by Crippen LogP contribution is 2.30. The van der Waals surface area contributed by atoms with Crippen LogP contribution in [0.15, 0.2) is 59.5 Å². The van der Waals surface area contributed by atoms with Crippen LogP contribution in [-0.2, 0) is 15.6 Å². The Kier molecular flexibility index (Phi) is 7.64. The summed E-state index contributed by atoms with van der Waals surface area (Å²) in [7, 11) is -2.65. The van der Waals surface area contributed by atoms with Crippen molar-refractivity contribution >= 4 is 28.3 Å². The number of thiazole rings is 1. The minimum Gasteiger partial charge on any atom is -0.444 e. The van der Waals surface area contributed by atoms with E-state index in [1.165, 1.54) is 11.3 Å². The van der Waals surface area contributed by atoms with Gasteiger partial charge in [0, 0.05) is 17.0 Å². The zero-order valence-corrected chi connectivity index (χ0v) is 19.4. The number of amides is 1. The zero-order valence-electron chi connectivity index (χ0n) is 17.7. The van der Waals surface area contributed by atoms with Crippen LogP contribution >= 0.6 is 11.3 Å². The van der Waals surface area contributed by atoms with Gasteiger partial charge in [-0.05, 0) is 39.2 Å². The van der Waals surface area contributed by atoms with Crippen molar-refractivity contribution in [3.05, 3.63) is 64.5 Å². The van der Waals surface area contributed by atoms with Gasteiger partial charge in [0.05, 0.1) is 11.7 Å². The number of thiol groups is 1. The maximum atomic E-state index is 12.5. The van der Waals surface area contributed by atoms with Gasteiger partial charge in [-0.1, -0.05) is 48.6 Å². The van der Waals surface area contributed by atoms with E-state index in [4.69, 9.17) is 9.72 Å². The molecule has 1 amide bonds. The lowest BCUT2D eigenvalue weighted by Gasteiger charge is -2.24. The highest BCUT2D eigenvalue weighted by molar-refractivity contribution is 7.70. The van der Waals surface area contributed by atoms with Gasteiger partial charge in [0.25, 0.3) is 0 Å². The van der Waals surface area contributed by atoms with Gasteiger partial charge in [0.1, 0.15) is 10.6 Å². The van der Waals surface area contributed by atoms with Gasteiger partial charge in [0.15, 0.2) is 0 Å². The average Bonchev–Trinajstić information content (AvgIpc) is 3.18. The van der Waals surface area contributed by atoms with E-state index in [9.17, 15) is 13.2 Å². The number of allylic oxidation sites excluding steroid dienone is 1. The number of carbonyl (C=O) groups is 1. The maximum absolute atomic E-state index is 12.5. The summed E-state index contributed by atoms with van der Waals surface area (Å²) in [6.07, 6.45) is 6.26. The van der Waals surface area contributed by atoms with Crippen molar-refractivity contribution in [2.24, 2.45) is 0 Å². The van der Waals surface area contributed by atoms with Crippen LogP contribution in [0.2, 0.25) is 0 Å². The number of aromatic nitrogens is 1. The minimum absolute atomic E-state index is 0.244. The first kappa shape index (κ1) is 23.2. The molecule has 9 heteroatoms. The van der Waals surface area contributed by atoms with Crippen LogP contribution in [-0.4, -0.2) is 31.1 Å². The molecule has 1 aromatic heterocycles. The number of ether oxygens (including phenoxy) is 1. The number of carbonyl (C=O) groups excluding carboxylic acids is 1. The smallest absolute Gasteiger partial charge is 0.408 e. The summed E-state index contributed by atoms with van der Waals surface area (Å²) >= 11 is 1.48. The molecule has 2 aromatic rings. The van der Waals surface area contributed by atoms with E-state index in [0.717, 1.165) is 21.8 Å². The summed E-state index contributed by atoms with van der Waals surface area (Å²) in [5.41, 5.74) is 2.26. The average molecular weight is 462 g/mol. The summed E-state index contributed by atoms with van der Waals surface area (Å²) in [5.74, 6) is 0. The van der Waals surface area contributed by atoms with Crippen molar-refractivity contribution in [2.45, 2.75) is 51.3 Å². The van der Waals surface area contributed by atoms with Crippen LogP contribution < -0.4 is 10.0 Å². The summed E-state index contributed by atoms with van der Waals surface area (Å²) in [5, 5.41) is 5.70. The van der Waals surface area contributed by atoms with Crippen LogP contribution in [0.3, 0.4) is 0 Å². The molecular formula is C22H27N3O4S2. The van der Waals surface area contributed by atoms with Crippen molar-refractivity contribution in [3.8, 4) is 11.3 Å². The van der Waals surface area contributed by atoms with Crippen molar-refractivity contribution in [1.82, 2.24) is 15.0 Å². The van der Waals surface area contributed by atoms with E-state index in [2.05, 4.69) is 10.0 Å². The van der Waals surface area contributed by atoms with Crippen LogP contribution in [0.5, 0.6) is 0 Å². The van der Waals surface area contributed by atoms with E-state index < -0.39 is 22.6 Å². The maximum Gasteiger partial charge on any atom is 0.408 e. The molecule has 2 N–H and O–H groups in total. The topological polar surface area (TPSA) is 97.4 Å². The molecule has 0 bridgehead atoms. The first-order valence-electron chi connectivity index (χ1n) is 9.98. The monoisotopic (exact) mass is 461 g/mol. The first-order chi connectivity index (χ1) is 14.7. The number of hydrogen-bond donors (Lipinski definition) is 3. The van der Waals surface area contributed by atoms with Crippen LogP contribution in [0.25, 0.3) is 11.3 Å². The van der Waals surface area contributed by atoms with Gasteiger partial charge in [-0.15, -0.1) is 11.3 Å². The highest BCUT2D eigenvalue weighted by Gasteiger charge is 2.24. The number of benzene rings is 1. The van der Waals surface area contributed by atoms with Gasteiger partial charge in [-0.2, -0.15) is 0 Å². The van der Waals surface area contributed by atoms with Crippen molar-refractivity contribution in [3.63, 3.8) is 0 Å². The lowest BCUT2D eigenvalue weighted by Crippen LogP contribution is -2.35. The second kappa shape index (κ2) is 10.2. The standard InChI is InChI=1S/C22H27N3O4S2/c1-22(2,3)29-21(26)24-18(13-15-9-11-17(12-10-15)25-31(27)28)20-23-19(14-30-20)16-7-5-4-6-8-16/h4-11,14,17-18,31H,12-13H2,1-3H3,(H,24,26)(H,25,27,28)/t17?,18-/m0/s1. The number of nitrogens with one attached hydrogen (secondary N) is 2. The Morgan fingerprint density at radius 2 is 2.03 bits per heavy atom. The quantitative estimate of drug-likeness (QED) is 0.539. The Morgan fingerprint density at radius 1 is 1.29 bits per heavy atom. The Labute approximate surface area is 188 Å². The molecule has 1 aliphatic carbocycles. The summed E-state index contributed by atoms with van der Waals surface area (Å²) in [6, 6.07) is 9.26. The van der Waals surface area contributed by atoms with Crippen molar-refractivity contribution in [1.29, 1.82) is 0 Å². The van der Waals surface area contributed by atoms with Crippen LogP contribution in [0.4, 0.5) is 4.79 Å². The Hall–Kier alpha value is -2.49. The lowest BCUT2D eigenvalue weighted by atomic mass is 9.98. The number of hydrogen-bond acceptors (Lipinski definition) is 6. The number of rotatable bonds is 7. The van der Waals surface area contributed by atoms with Crippen molar-refractivity contribution < 1.29 is 17.9 Å². The Morgan fingerprint density at radius 3 is 2.65 bits per heavy atom. The highest BCUT2D eigenvalue weighted by atomic mass is 32.2. The van der Waals surface area contributed by atoms with Gasteiger partial charge in [-0.25, -0.2) is 22.9 Å². The van der Waals surface area contributed by atoms with E-state index in [1.807, 2.05) is 74.7 Å². The molecule has 31 heavy (non-hydrogen) atoms. The Balaban J connectivity index is 1.77. The molecule has 1 unspecified atom stereocenters. The van der Waals surface area contributed by atoms with Gasteiger partial charge < -0.3 is 10.1 Å². The fourth-order valence-electron chi connectivity index (χ4n) is 3.12. The van der Waals surface area contributed by atoms with Gasteiger partial charge in [-0.3, -0.25) is 0 Å². The molecule has 1 heterocycles. The molecule has 0 radical (unpaired) electrons. The molecule has 7 nitrogen and oxygen atoms in total. The van der Waals surface area contributed by atoms with E-state index in [0.29, 0.717) is 12.8 Å². The molecule has 0 saturated heterocycles. The predicted octanol–water partition coefficient (Wildman–Crippen LogP) is 4.14. The molecule has 2 atom stereocenters. The third-order valence-corrected chi connectivity index (χ3v) is 5.97. The predicted molar refractivity (Wildman–Crippen MR) is 123 cm³/mol. The first-order valence-corrected chi connectivity index (χ1v) is 12.0. The van der Waals surface area contributed by atoms with Crippen molar-refractivity contribution in [2.75, 3.05) is 0 Å². The molecule has 0 saturated carbocycles. The molecule has 0 fully saturated rings. The van der Waals surface area contributed by atoms with E-state index >= 15 is 0 Å². The second-order valence-electron chi connectivity index (χ2n) is 8.21. The number of alkyl carbamates (subject to hydrolysis) is 1. The summed E-state index contributed by atoms with van der Waals surface area (Å²) < 4.78 is 29.7. The molecule has 1 aromatic carbocycles. The normalized spacial score (nSPS) is 17.3. The molecule has 166 valence electrons. The van der Waals surface area contributed by atoms with Gasteiger partial charge in [0.2, 0.25) is 10.9 Å². The third kappa shape index (κ3) is 7.30. The van der Waals surface area contributed by atoms with Crippen LogP contribution in [0.1, 0.15) is 44.7 Å². The molecule has 0 aliphatic heterocycles. The zero-order chi connectivity index (χ0) is 22.4. The second-order valence-corrected chi connectivity index (χ2v) is 9.87. The fourth-order valence-corrected chi connectivity index (χ4v) is 4.46. The van der Waals surface area contributed by atoms with Gasteiger partial charge >= 0.3 is 6.09 Å². The summed E-state index contributed by atoms with van der Waals surface area (Å²) in [4.78, 5) is 17.2. The Bertz CT molecular complexity index is 1030. The fraction of sp³-hybridized carbons (Fsp3) is 0.364. The molecule has 0 spiro atoms. The molecule has 3 rings (SSSR count). The third-order valence-electron chi connectivity index (χ3n) is 4.47. The minimum atomic E-state index is -2.65. The summed E-state index contributed by atoms with van der Waals surface area (Å²) in [6.45, 7) is 5.45. The largest absolute Gasteiger partial charge is 0.444 e. The molecular weight excluding hydrogens is 434 g/mol. The molecule has 1 aliphatic rings. The van der Waals surface area contributed by atoms with E-state index in [1.54, 1.807) is 0 Å². The SMILES string of the molecule is CC(C)(C)OC(=O)N[C@@H](CC1=CCC(N[SH](=O)=O)C=C1)c1nc(-c2ccccc2)cs1. The van der Waals surface area contributed by atoms with Crippen LogP contribution in [0, 0.1) is 0 Å². The number of nitrogens with zero attached hydrogens (tertiary/aromatic N) is 1. The van der Waals surface area contributed by atoms with E-state index in [-0.39, 0.29) is 12.1 Å².